The second-order valence-corrected chi connectivity index (χ2v) is 7.20. The Kier molecular flexibility index (Phi) is 5.94. The molecular weight excluding hydrogens is 374 g/mol. The molecule has 0 atom stereocenters. The molecule has 3 aromatic rings. The average molecular weight is 398 g/mol. The van der Waals surface area contributed by atoms with Crippen LogP contribution in [0.25, 0.3) is 22.6 Å². The monoisotopic (exact) mass is 397 g/mol. The number of aryl methyl sites for hydroxylation is 2. The van der Waals surface area contributed by atoms with Crippen molar-refractivity contribution in [3.8, 4) is 17.2 Å². The highest BCUT2D eigenvalue weighted by molar-refractivity contribution is 7.80. The van der Waals surface area contributed by atoms with Gasteiger partial charge < -0.3 is 20.2 Å². The fourth-order valence-electron chi connectivity index (χ4n) is 2.97. The number of rotatable bonds is 5. The first-order chi connectivity index (χ1) is 13.4. The molecule has 1 heterocycles. The Morgan fingerprint density at radius 3 is 2.79 bits per heavy atom. The SMILES string of the molecule is CCCCC(=O)NC(=S)Nc1ccc(O)c(-c2nc3cc(C)cc(C)c3o2)c1. The van der Waals surface area contributed by atoms with Gasteiger partial charge in [-0.1, -0.05) is 19.4 Å². The zero-order valence-corrected chi connectivity index (χ0v) is 16.9. The van der Waals surface area contributed by atoms with Crippen LogP contribution in [0.15, 0.2) is 34.7 Å². The van der Waals surface area contributed by atoms with Crippen LogP contribution in [0.4, 0.5) is 5.69 Å². The number of amides is 1. The number of fused-ring (bicyclic) bond motifs is 1. The molecule has 3 rings (SSSR count). The number of thiocarbonyl (C=S) groups is 1. The van der Waals surface area contributed by atoms with Gasteiger partial charge in [-0.3, -0.25) is 4.79 Å². The Balaban J connectivity index is 1.83. The van der Waals surface area contributed by atoms with Crippen LogP contribution in [0.5, 0.6) is 5.75 Å². The molecule has 0 aliphatic heterocycles. The number of aromatic nitrogens is 1. The fourth-order valence-corrected chi connectivity index (χ4v) is 3.20. The quantitative estimate of drug-likeness (QED) is 0.423. The van der Waals surface area contributed by atoms with Gasteiger partial charge in [0, 0.05) is 12.1 Å². The van der Waals surface area contributed by atoms with Gasteiger partial charge in [0.25, 0.3) is 0 Å². The molecule has 146 valence electrons. The molecule has 1 aromatic heterocycles. The van der Waals surface area contributed by atoms with E-state index in [9.17, 15) is 9.90 Å². The number of anilines is 1. The van der Waals surface area contributed by atoms with Gasteiger partial charge in [0.1, 0.15) is 11.3 Å². The lowest BCUT2D eigenvalue weighted by molar-refractivity contribution is -0.119. The smallest absolute Gasteiger partial charge is 0.231 e. The number of hydrogen-bond acceptors (Lipinski definition) is 5. The minimum atomic E-state index is -0.122. The van der Waals surface area contributed by atoms with Crippen molar-refractivity contribution in [3.63, 3.8) is 0 Å². The molecule has 2 aromatic carbocycles. The van der Waals surface area contributed by atoms with E-state index in [4.69, 9.17) is 16.6 Å². The molecule has 7 heteroatoms. The third kappa shape index (κ3) is 4.48. The summed E-state index contributed by atoms with van der Waals surface area (Å²) in [6.07, 6.45) is 2.19. The third-order valence-electron chi connectivity index (χ3n) is 4.32. The maximum atomic E-state index is 11.8. The second kappa shape index (κ2) is 8.39. The molecule has 6 nitrogen and oxygen atoms in total. The first-order valence-electron chi connectivity index (χ1n) is 9.19. The van der Waals surface area contributed by atoms with E-state index in [1.54, 1.807) is 12.1 Å². The van der Waals surface area contributed by atoms with E-state index in [0.29, 0.717) is 29.1 Å². The van der Waals surface area contributed by atoms with Gasteiger partial charge in [0.2, 0.25) is 11.8 Å². The molecule has 28 heavy (non-hydrogen) atoms. The minimum absolute atomic E-state index is 0.0457. The number of unbranched alkanes of at least 4 members (excludes halogenated alkanes) is 1. The number of carbonyl (C=O) groups is 1. The Morgan fingerprint density at radius 1 is 1.25 bits per heavy atom. The number of nitrogens with zero attached hydrogens (tertiary/aromatic N) is 1. The summed E-state index contributed by atoms with van der Waals surface area (Å²) < 4.78 is 5.89. The number of phenolic OH excluding ortho intramolecular Hbond substituents is 1. The van der Waals surface area contributed by atoms with Crippen LogP contribution in [0.3, 0.4) is 0 Å². The highest BCUT2D eigenvalue weighted by atomic mass is 32.1. The van der Waals surface area contributed by atoms with E-state index in [-0.39, 0.29) is 16.8 Å². The lowest BCUT2D eigenvalue weighted by atomic mass is 10.1. The van der Waals surface area contributed by atoms with E-state index >= 15 is 0 Å². The predicted molar refractivity (Wildman–Crippen MR) is 114 cm³/mol. The van der Waals surface area contributed by atoms with E-state index in [0.717, 1.165) is 29.5 Å². The van der Waals surface area contributed by atoms with Crippen LogP contribution in [0, 0.1) is 13.8 Å². The van der Waals surface area contributed by atoms with Gasteiger partial charge >= 0.3 is 0 Å². The predicted octanol–water partition coefficient (Wildman–Crippen LogP) is 4.82. The van der Waals surface area contributed by atoms with Crippen molar-refractivity contribution >= 4 is 40.0 Å². The van der Waals surface area contributed by atoms with Gasteiger partial charge in [0.05, 0.1) is 5.56 Å². The third-order valence-corrected chi connectivity index (χ3v) is 4.52. The van der Waals surface area contributed by atoms with Crippen molar-refractivity contribution in [3.05, 3.63) is 41.5 Å². The lowest BCUT2D eigenvalue weighted by Crippen LogP contribution is -2.33. The van der Waals surface area contributed by atoms with Crippen LogP contribution in [0.2, 0.25) is 0 Å². The van der Waals surface area contributed by atoms with Gasteiger partial charge in [-0.05, 0) is 67.9 Å². The van der Waals surface area contributed by atoms with Crippen molar-refractivity contribution in [1.29, 1.82) is 0 Å². The van der Waals surface area contributed by atoms with Crippen molar-refractivity contribution in [2.24, 2.45) is 0 Å². The molecule has 0 unspecified atom stereocenters. The number of carbonyl (C=O) groups excluding carboxylic acids is 1. The van der Waals surface area contributed by atoms with Gasteiger partial charge in [-0.25, -0.2) is 4.98 Å². The number of oxazole rings is 1. The van der Waals surface area contributed by atoms with Crippen LogP contribution in [-0.4, -0.2) is 21.1 Å². The topological polar surface area (TPSA) is 87.4 Å². The maximum Gasteiger partial charge on any atom is 0.231 e. The zero-order chi connectivity index (χ0) is 20.3. The summed E-state index contributed by atoms with van der Waals surface area (Å²) in [4.78, 5) is 16.3. The molecule has 0 saturated heterocycles. The first-order valence-corrected chi connectivity index (χ1v) is 9.60. The number of phenols is 1. The van der Waals surface area contributed by atoms with Crippen LogP contribution < -0.4 is 10.6 Å². The van der Waals surface area contributed by atoms with Gasteiger partial charge in [-0.15, -0.1) is 0 Å². The zero-order valence-electron chi connectivity index (χ0n) is 16.1. The Bertz CT molecular complexity index is 1040. The summed E-state index contributed by atoms with van der Waals surface area (Å²) >= 11 is 5.19. The molecule has 1 amide bonds. The second-order valence-electron chi connectivity index (χ2n) is 6.79. The summed E-state index contributed by atoms with van der Waals surface area (Å²) in [6, 6.07) is 8.85. The van der Waals surface area contributed by atoms with E-state index in [2.05, 4.69) is 15.6 Å². The standard InChI is InChI=1S/C21H23N3O3S/c1-4-5-6-18(26)24-21(28)22-14-7-8-17(25)15(11-14)20-23-16-10-12(2)9-13(3)19(16)27-20/h7-11,25H,4-6H2,1-3H3,(H2,22,24,26,28). The maximum absolute atomic E-state index is 11.8. The average Bonchev–Trinajstić information content (AvgIpc) is 3.05. The minimum Gasteiger partial charge on any atom is -0.507 e. The Morgan fingerprint density at radius 2 is 2.04 bits per heavy atom. The van der Waals surface area contributed by atoms with Gasteiger partial charge in [-0.2, -0.15) is 0 Å². The number of aromatic hydroxyl groups is 1. The summed E-state index contributed by atoms with van der Waals surface area (Å²) in [5.41, 5.74) is 4.57. The molecule has 0 spiro atoms. The summed E-state index contributed by atoms with van der Waals surface area (Å²) in [7, 11) is 0. The summed E-state index contributed by atoms with van der Waals surface area (Å²) in [6.45, 7) is 5.98. The van der Waals surface area contributed by atoms with Crippen LogP contribution >= 0.6 is 12.2 Å². The number of benzene rings is 2. The molecule has 0 bridgehead atoms. The van der Waals surface area contributed by atoms with Crippen LogP contribution in [-0.2, 0) is 4.79 Å². The molecule has 0 aliphatic rings. The van der Waals surface area contributed by atoms with Gasteiger partial charge in [0.15, 0.2) is 10.7 Å². The lowest BCUT2D eigenvalue weighted by Gasteiger charge is -2.10. The summed E-state index contributed by atoms with van der Waals surface area (Å²) in [5, 5.41) is 16.1. The molecular formula is C21H23N3O3S. The van der Waals surface area contributed by atoms with E-state index in [1.807, 2.05) is 32.9 Å². The molecule has 0 radical (unpaired) electrons. The normalized spacial score (nSPS) is 10.8. The highest BCUT2D eigenvalue weighted by Gasteiger charge is 2.15. The molecule has 0 aliphatic carbocycles. The molecule has 0 fully saturated rings. The van der Waals surface area contributed by atoms with Crippen LogP contribution in [0.1, 0.15) is 37.3 Å². The van der Waals surface area contributed by atoms with Crippen molar-refractivity contribution in [2.75, 3.05) is 5.32 Å². The van der Waals surface area contributed by atoms with Crippen molar-refractivity contribution < 1.29 is 14.3 Å². The van der Waals surface area contributed by atoms with E-state index < -0.39 is 0 Å². The molecule has 3 N–H and O–H groups in total. The van der Waals surface area contributed by atoms with Crippen molar-refractivity contribution in [1.82, 2.24) is 10.3 Å². The first kappa shape index (κ1) is 19.8. The highest BCUT2D eigenvalue weighted by Crippen LogP contribution is 2.34. The fraction of sp³-hybridized carbons (Fsp3) is 0.286. The summed E-state index contributed by atoms with van der Waals surface area (Å²) in [5.74, 6) is 0.246. The largest absolute Gasteiger partial charge is 0.507 e. The van der Waals surface area contributed by atoms with E-state index in [1.165, 1.54) is 6.07 Å². The Labute approximate surface area is 169 Å². The van der Waals surface area contributed by atoms with Crippen molar-refractivity contribution in [2.45, 2.75) is 40.0 Å². The number of nitrogens with one attached hydrogen (secondary N) is 2. The molecule has 0 saturated carbocycles. The number of hydrogen-bond donors (Lipinski definition) is 3. The Hall–Kier alpha value is -2.93.